The summed E-state index contributed by atoms with van der Waals surface area (Å²) in [5.74, 6) is 1.71. The average molecular weight is 443 g/mol. The highest BCUT2D eigenvalue weighted by atomic mass is 32.2. The number of nitrogens with one attached hydrogen (secondary N) is 1. The van der Waals surface area contributed by atoms with E-state index in [4.69, 9.17) is 4.74 Å². The Morgan fingerprint density at radius 3 is 2.52 bits per heavy atom. The molecule has 5 nitrogen and oxygen atoms in total. The van der Waals surface area contributed by atoms with E-state index >= 15 is 0 Å². The maximum absolute atomic E-state index is 13.1. The van der Waals surface area contributed by atoms with Crippen molar-refractivity contribution < 1.29 is 14.3 Å². The molecule has 1 N–H and O–H groups in total. The highest BCUT2D eigenvalue weighted by Crippen LogP contribution is 2.18. The third-order valence-electron chi connectivity index (χ3n) is 5.09. The van der Waals surface area contributed by atoms with Crippen molar-refractivity contribution in [1.29, 1.82) is 0 Å². The molecular formula is C25H34N2O3S. The molecule has 2 aromatic carbocycles. The molecule has 6 heteroatoms. The molecule has 1 atom stereocenters. The summed E-state index contributed by atoms with van der Waals surface area (Å²) in [6.07, 6.45) is 1.94. The van der Waals surface area contributed by atoms with Crippen LogP contribution in [0.25, 0.3) is 0 Å². The first kappa shape index (κ1) is 24.8. The standard InChI is InChI=1S/C25H34N2O3S/c1-5-6-14-26-25(29)20(3)27(16-21-10-12-23(30-4)13-11-21)24(28)18-31-17-22-9-7-8-19(2)15-22/h7-13,15,20H,5-6,14,16-18H2,1-4H3,(H,26,29). The number of rotatable bonds is 12. The molecule has 0 fully saturated rings. The molecule has 0 radical (unpaired) electrons. The van der Waals surface area contributed by atoms with Crippen LogP contribution in [-0.2, 0) is 21.9 Å². The van der Waals surface area contributed by atoms with E-state index in [0.717, 1.165) is 29.9 Å². The van der Waals surface area contributed by atoms with Gasteiger partial charge in [0.25, 0.3) is 0 Å². The predicted octanol–water partition coefficient (Wildman–Crippen LogP) is 4.57. The van der Waals surface area contributed by atoms with Crippen LogP contribution in [0.4, 0.5) is 0 Å². The number of thioether (sulfide) groups is 1. The fraction of sp³-hybridized carbons (Fsp3) is 0.440. The first-order chi connectivity index (χ1) is 14.9. The average Bonchev–Trinajstić information content (AvgIpc) is 2.77. The van der Waals surface area contributed by atoms with Gasteiger partial charge in [-0.2, -0.15) is 0 Å². The van der Waals surface area contributed by atoms with E-state index in [0.29, 0.717) is 18.8 Å². The summed E-state index contributed by atoms with van der Waals surface area (Å²) in [6.45, 7) is 6.96. The molecule has 1 unspecified atom stereocenters. The predicted molar refractivity (Wildman–Crippen MR) is 128 cm³/mol. The Hall–Kier alpha value is -2.47. The lowest BCUT2D eigenvalue weighted by atomic mass is 10.1. The van der Waals surface area contributed by atoms with Gasteiger partial charge in [0.05, 0.1) is 12.9 Å². The lowest BCUT2D eigenvalue weighted by Gasteiger charge is -2.29. The van der Waals surface area contributed by atoms with Crippen LogP contribution in [0.5, 0.6) is 5.75 Å². The van der Waals surface area contributed by atoms with Gasteiger partial charge in [0.2, 0.25) is 11.8 Å². The topological polar surface area (TPSA) is 58.6 Å². The summed E-state index contributed by atoms with van der Waals surface area (Å²) < 4.78 is 5.22. The highest BCUT2D eigenvalue weighted by molar-refractivity contribution is 7.99. The number of amides is 2. The van der Waals surface area contributed by atoms with Crippen LogP contribution in [0.15, 0.2) is 48.5 Å². The van der Waals surface area contributed by atoms with Gasteiger partial charge >= 0.3 is 0 Å². The van der Waals surface area contributed by atoms with Crippen molar-refractivity contribution in [2.24, 2.45) is 0 Å². The van der Waals surface area contributed by atoms with Gasteiger partial charge in [0.15, 0.2) is 0 Å². The molecule has 0 saturated carbocycles. The van der Waals surface area contributed by atoms with Crippen molar-refractivity contribution in [1.82, 2.24) is 10.2 Å². The van der Waals surface area contributed by atoms with Crippen molar-refractivity contribution in [3.63, 3.8) is 0 Å². The number of methoxy groups -OCH3 is 1. The Balaban J connectivity index is 2.04. The smallest absolute Gasteiger partial charge is 0.242 e. The maximum Gasteiger partial charge on any atom is 0.242 e. The van der Waals surface area contributed by atoms with Gasteiger partial charge in [-0.1, -0.05) is 55.3 Å². The second-order valence-electron chi connectivity index (χ2n) is 7.67. The number of aryl methyl sites for hydroxylation is 1. The van der Waals surface area contributed by atoms with Crippen molar-refractivity contribution in [3.8, 4) is 5.75 Å². The van der Waals surface area contributed by atoms with Gasteiger partial charge in [0.1, 0.15) is 11.8 Å². The van der Waals surface area contributed by atoms with Crippen molar-refractivity contribution in [3.05, 3.63) is 65.2 Å². The minimum Gasteiger partial charge on any atom is -0.497 e. The fourth-order valence-corrected chi connectivity index (χ4v) is 4.05. The Labute approximate surface area is 190 Å². The second-order valence-corrected chi connectivity index (χ2v) is 8.66. The molecule has 2 rings (SSSR count). The highest BCUT2D eigenvalue weighted by Gasteiger charge is 2.25. The summed E-state index contributed by atoms with van der Waals surface area (Å²) in [6, 6.07) is 15.4. The molecule has 0 aromatic heterocycles. The molecule has 0 heterocycles. The molecule has 31 heavy (non-hydrogen) atoms. The first-order valence-corrected chi connectivity index (χ1v) is 11.9. The minimum absolute atomic E-state index is 0.0355. The lowest BCUT2D eigenvalue weighted by Crippen LogP contribution is -2.48. The molecule has 0 bridgehead atoms. The van der Waals surface area contributed by atoms with Gasteiger partial charge in [-0.25, -0.2) is 0 Å². The van der Waals surface area contributed by atoms with E-state index in [-0.39, 0.29) is 11.8 Å². The third kappa shape index (κ3) is 8.29. The molecule has 0 saturated heterocycles. The zero-order chi connectivity index (χ0) is 22.6. The summed E-state index contributed by atoms with van der Waals surface area (Å²) >= 11 is 1.58. The fourth-order valence-electron chi connectivity index (χ4n) is 3.19. The van der Waals surface area contributed by atoms with Gasteiger partial charge in [0, 0.05) is 18.8 Å². The normalized spacial score (nSPS) is 11.6. The number of carbonyl (C=O) groups excluding carboxylic acids is 2. The van der Waals surface area contributed by atoms with E-state index in [2.05, 4.69) is 37.4 Å². The van der Waals surface area contributed by atoms with Crippen LogP contribution in [0.1, 0.15) is 43.4 Å². The molecule has 0 spiro atoms. The summed E-state index contributed by atoms with van der Waals surface area (Å²) in [7, 11) is 1.62. The van der Waals surface area contributed by atoms with Crippen LogP contribution in [0, 0.1) is 6.92 Å². The van der Waals surface area contributed by atoms with E-state index in [1.54, 1.807) is 30.7 Å². The van der Waals surface area contributed by atoms with Crippen molar-refractivity contribution in [2.75, 3.05) is 19.4 Å². The Bertz CT molecular complexity index is 839. The largest absolute Gasteiger partial charge is 0.497 e. The van der Waals surface area contributed by atoms with Gasteiger partial charge < -0.3 is 15.0 Å². The molecular weight excluding hydrogens is 408 g/mol. The van der Waals surface area contributed by atoms with Crippen LogP contribution in [0.2, 0.25) is 0 Å². The summed E-state index contributed by atoms with van der Waals surface area (Å²) in [5.41, 5.74) is 3.37. The van der Waals surface area contributed by atoms with Crippen molar-refractivity contribution in [2.45, 2.75) is 52.0 Å². The Morgan fingerprint density at radius 1 is 1.13 bits per heavy atom. The third-order valence-corrected chi connectivity index (χ3v) is 6.07. The molecule has 168 valence electrons. The summed E-state index contributed by atoms with van der Waals surface area (Å²) in [4.78, 5) is 27.4. The van der Waals surface area contributed by atoms with E-state index < -0.39 is 6.04 Å². The quantitative estimate of drug-likeness (QED) is 0.489. The second kappa shape index (κ2) is 13.1. The minimum atomic E-state index is -0.536. The van der Waals surface area contributed by atoms with E-state index in [1.807, 2.05) is 30.3 Å². The maximum atomic E-state index is 13.1. The summed E-state index contributed by atoms with van der Waals surface area (Å²) in [5, 5.41) is 2.95. The van der Waals surface area contributed by atoms with Crippen LogP contribution in [0.3, 0.4) is 0 Å². The number of benzene rings is 2. The molecule has 0 aliphatic carbocycles. The monoisotopic (exact) mass is 442 g/mol. The molecule has 2 amide bonds. The van der Waals surface area contributed by atoms with Gasteiger partial charge in [-0.3, -0.25) is 9.59 Å². The van der Waals surface area contributed by atoms with Gasteiger partial charge in [-0.05, 0) is 43.5 Å². The number of carbonyl (C=O) groups is 2. The van der Waals surface area contributed by atoms with Crippen LogP contribution in [-0.4, -0.2) is 42.2 Å². The number of ether oxygens (including phenoxy) is 1. The lowest BCUT2D eigenvalue weighted by molar-refractivity contribution is -0.138. The molecule has 0 aliphatic rings. The van der Waals surface area contributed by atoms with Crippen LogP contribution < -0.4 is 10.1 Å². The SMILES string of the molecule is CCCCNC(=O)C(C)N(Cc1ccc(OC)cc1)C(=O)CSCc1cccc(C)c1. The van der Waals surface area contributed by atoms with E-state index in [9.17, 15) is 9.59 Å². The Kier molecular flexibility index (Phi) is 10.4. The first-order valence-electron chi connectivity index (χ1n) is 10.8. The number of nitrogens with zero attached hydrogens (tertiary/aromatic N) is 1. The zero-order valence-corrected chi connectivity index (χ0v) is 19.8. The Morgan fingerprint density at radius 2 is 1.87 bits per heavy atom. The molecule has 2 aromatic rings. The zero-order valence-electron chi connectivity index (χ0n) is 19.0. The number of hydrogen-bond acceptors (Lipinski definition) is 4. The number of hydrogen-bond donors (Lipinski definition) is 1. The van der Waals surface area contributed by atoms with Gasteiger partial charge in [-0.15, -0.1) is 11.8 Å². The van der Waals surface area contributed by atoms with Crippen molar-refractivity contribution >= 4 is 23.6 Å². The van der Waals surface area contributed by atoms with Crippen LogP contribution >= 0.6 is 11.8 Å². The number of unbranched alkanes of at least 4 members (excludes halogenated alkanes) is 1. The van der Waals surface area contributed by atoms with E-state index in [1.165, 1.54) is 11.1 Å². The molecule has 0 aliphatic heterocycles.